The molecule has 6 nitrogen and oxygen atoms in total. The van der Waals surface area contributed by atoms with Crippen molar-refractivity contribution in [2.45, 2.75) is 50.6 Å². The van der Waals surface area contributed by atoms with Gasteiger partial charge in [0.2, 0.25) is 17.9 Å². The monoisotopic (exact) mass is 511 g/mol. The van der Waals surface area contributed by atoms with Gasteiger partial charge in [0.1, 0.15) is 5.82 Å². The molecule has 0 bridgehead atoms. The third-order valence-electron chi connectivity index (χ3n) is 6.56. The van der Waals surface area contributed by atoms with Crippen molar-refractivity contribution in [2.75, 3.05) is 20.4 Å². The first kappa shape index (κ1) is 24.6. The van der Waals surface area contributed by atoms with Gasteiger partial charge in [0.05, 0.1) is 12.0 Å². The van der Waals surface area contributed by atoms with Crippen LogP contribution in [0, 0.1) is 5.82 Å². The fraction of sp³-hybridized carbons (Fsp3) is 0.357. The van der Waals surface area contributed by atoms with Crippen LogP contribution in [0.25, 0.3) is 0 Å². The van der Waals surface area contributed by atoms with Crippen LogP contribution in [0.2, 0.25) is 0 Å². The van der Waals surface area contributed by atoms with Gasteiger partial charge in [0, 0.05) is 24.7 Å². The third kappa shape index (κ3) is 4.67. The maximum Gasteiger partial charge on any atom is 0.240 e. The first-order valence-corrected chi connectivity index (χ1v) is 13.3. The van der Waals surface area contributed by atoms with Gasteiger partial charge in [-0.15, -0.1) is 0 Å². The second-order valence-electron chi connectivity index (χ2n) is 9.06. The fourth-order valence-electron chi connectivity index (χ4n) is 4.96. The molecule has 3 aliphatic heterocycles. The molecule has 0 fully saturated rings. The standard InChI is InChI=1S/C25H22FNO5S.C3H8/c1-29-23-10-16-7-8-27-13-20-15(5-6-22-25(20)31-14-30-22)9-21(27)19(16)12-24(23)32-33(28)18-4-2-3-17(26)11-18;1-3-2/h2-6,10-12,21H,7-9,13-14H2,1H3;3H2,1-2H3. The summed E-state index contributed by atoms with van der Waals surface area (Å²) in [6.07, 6.45) is 2.95. The smallest absolute Gasteiger partial charge is 0.240 e. The molecular weight excluding hydrogens is 481 g/mol. The van der Waals surface area contributed by atoms with Gasteiger partial charge in [-0.25, -0.2) is 8.60 Å². The zero-order chi connectivity index (χ0) is 25.2. The summed E-state index contributed by atoms with van der Waals surface area (Å²) < 4.78 is 49.0. The maximum absolute atomic E-state index is 13.6. The molecule has 0 saturated carbocycles. The molecule has 2 atom stereocenters. The average Bonchev–Trinajstić information content (AvgIpc) is 3.37. The number of hydrogen-bond donors (Lipinski definition) is 0. The van der Waals surface area contributed by atoms with E-state index in [0.29, 0.717) is 11.5 Å². The van der Waals surface area contributed by atoms with E-state index >= 15 is 0 Å². The van der Waals surface area contributed by atoms with Gasteiger partial charge in [0.25, 0.3) is 0 Å². The van der Waals surface area contributed by atoms with Gasteiger partial charge in [-0.1, -0.05) is 32.4 Å². The van der Waals surface area contributed by atoms with Crippen LogP contribution in [0.15, 0.2) is 53.4 Å². The Hall–Kier alpha value is -3.10. The van der Waals surface area contributed by atoms with Crippen molar-refractivity contribution in [2.24, 2.45) is 0 Å². The lowest BCUT2D eigenvalue weighted by atomic mass is 9.83. The van der Waals surface area contributed by atoms with Crippen LogP contribution in [0.4, 0.5) is 4.39 Å². The first-order valence-electron chi connectivity index (χ1n) is 12.2. The molecule has 0 saturated heterocycles. The van der Waals surface area contributed by atoms with Crippen molar-refractivity contribution >= 4 is 11.1 Å². The summed E-state index contributed by atoms with van der Waals surface area (Å²) in [5.74, 6) is 2.12. The number of hydrogen-bond acceptors (Lipinski definition) is 6. The normalized spacial score (nSPS) is 18.2. The van der Waals surface area contributed by atoms with Crippen LogP contribution in [0.1, 0.15) is 48.6 Å². The van der Waals surface area contributed by atoms with Crippen LogP contribution in [-0.2, 0) is 30.5 Å². The van der Waals surface area contributed by atoms with Crippen LogP contribution in [0.5, 0.6) is 23.0 Å². The molecule has 0 amide bonds. The summed E-state index contributed by atoms with van der Waals surface area (Å²) in [6.45, 7) is 6.21. The predicted octanol–water partition coefficient (Wildman–Crippen LogP) is 5.74. The van der Waals surface area contributed by atoms with Crippen LogP contribution >= 0.6 is 0 Å². The van der Waals surface area contributed by atoms with Crippen molar-refractivity contribution in [3.8, 4) is 23.0 Å². The highest BCUT2D eigenvalue weighted by atomic mass is 32.2. The highest BCUT2D eigenvalue weighted by Gasteiger charge is 2.36. The van der Waals surface area contributed by atoms with Crippen molar-refractivity contribution in [1.29, 1.82) is 0 Å². The van der Waals surface area contributed by atoms with Gasteiger partial charge in [0.15, 0.2) is 23.0 Å². The average molecular weight is 512 g/mol. The summed E-state index contributed by atoms with van der Waals surface area (Å²) in [4.78, 5) is 2.70. The molecule has 0 N–H and O–H groups in total. The molecule has 0 aromatic heterocycles. The van der Waals surface area contributed by atoms with Gasteiger partial charge in [-0.2, -0.15) is 0 Å². The van der Waals surface area contributed by atoms with E-state index in [1.54, 1.807) is 13.2 Å². The number of halogens is 1. The number of methoxy groups -OCH3 is 1. The Labute approximate surface area is 213 Å². The van der Waals surface area contributed by atoms with E-state index in [1.807, 2.05) is 18.2 Å². The van der Waals surface area contributed by atoms with Crippen molar-refractivity contribution in [1.82, 2.24) is 4.90 Å². The minimum atomic E-state index is -1.87. The minimum Gasteiger partial charge on any atom is -0.493 e. The summed E-state index contributed by atoms with van der Waals surface area (Å²) >= 11 is -1.87. The SMILES string of the molecule is CCC.COc1cc2c(cc1OS(=O)c1cccc(F)c1)C1Cc3ccc4c(c3CN1CC2)OCO4. The van der Waals surface area contributed by atoms with Crippen LogP contribution in [0.3, 0.4) is 0 Å². The Balaban J connectivity index is 0.000000848. The molecular formula is C28H30FNO5S. The molecule has 190 valence electrons. The first-order chi connectivity index (χ1) is 17.5. The van der Waals surface area contributed by atoms with E-state index in [1.165, 1.54) is 41.3 Å². The molecule has 3 aromatic carbocycles. The third-order valence-corrected chi connectivity index (χ3v) is 7.53. The predicted molar refractivity (Wildman–Crippen MR) is 136 cm³/mol. The highest BCUT2D eigenvalue weighted by molar-refractivity contribution is 7.80. The zero-order valence-corrected chi connectivity index (χ0v) is 21.5. The Bertz CT molecular complexity index is 1300. The Kier molecular flexibility index (Phi) is 7.16. The summed E-state index contributed by atoms with van der Waals surface area (Å²) in [6, 6.07) is 13.8. The molecule has 8 heteroatoms. The lowest BCUT2D eigenvalue weighted by Gasteiger charge is -2.41. The van der Waals surface area contributed by atoms with E-state index in [-0.39, 0.29) is 17.7 Å². The lowest BCUT2D eigenvalue weighted by molar-refractivity contribution is 0.151. The Morgan fingerprint density at radius 1 is 1.08 bits per heavy atom. The Morgan fingerprint density at radius 2 is 1.92 bits per heavy atom. The number of benzene rings is 3. The van der Waals surface area contributed by atoms with E-state index in [9.17, 15) is 8.60 Å². The molecule has 36 heavy (non-hydrogen) atoms. The van der Waals surface area contributed by atoms with Crippen molar-refractivity contribution < 1.29 is 27.0 Å². The van der Waals surface area contributed by atoms with Crippen molar-refractivity contribution in [3.05, 3.63) is 76.6 Å². The van der Waals surface area contributed by atoms with Gasteiger partial charge < -0.3 is 18.4 Å². The number of nitrogens with zero attached hydrogens (tertiary/aromatic N) is 1. The Morgan fingerprint density at radius 3 is 2.69 bits per heavy atom. The van der Waals surface area contributed by atoms with Gasteiger partial charge >= 0.3 is 0 Å². The largest absolute Gasteiger partial charge is 0.493 e. The molecule has 3 aromatic rings. The maximum atomic E-state index is 13.6. The highest BCUT2D eigenvalue weighted by Crippen LogP contribution is 2.47. The number of rotatable bonds is 4. The number of ether oxygens (including phenoxy) is 3. The molecule has 2 unspecified atom stereocenters. The minimum absolute atomic E-state index is 0.164. The molecule has 3 aliphatic rings. The summed E-state index contributed by atoms with van der Waals surface area (Å²) in [7, 11) is 1.56. The fourth-order valence-corrected chi connectivity index (χ4v) is 5.75. The van der Waals surface area contributed by atoms with E-state index in [2.05, 4.69) is 24.8 Å². The van der Waals surface area contributed by atoms with Crippen LogP contribution in [-0.4, -0.2) is 29.6 Å². The van der Waals surface area contributed by atoms with Gasteiger partial charge in [-0.3, -0.25) is 4.90 Å². The molecule has 0 spiro atoms. The topological polar surface area (TPSA) is 57.2 Å². The lowest BCUT2D eigenvalue weighted by Crippen LogP contribution is -2.39. The van der Waals surface area contributed by atoms with E-state index < -0.39 is 16.9 Å². The quantitative estimate of drug-likeness (QED) is 0.446. The summed E-state index contributed by atoms with van der Waals surface area (Å²) in [5, 5.41) is 0. The summed E-state index contributed by atoms with van der Waals surface area (Å²) in [5.41, 5.74) is 4.77. The molecule has 0 radical (unpaired) electrons. The molecule has 0 aliphatic carbocycles. The van der Waals surface area contributed by atoms with Gasteiger partial charge in [-0.05, 0) is 65.9 Å². The number of fused-ring (bicyclic) bond motifs is 6. The second kappa shape index (κ2) is 10.5. The zero-order valence-electron chi connectivity index (χ0n) is 20.7. The van der Waals surface area contributed by atoms with E-state index in [4.69, 9.17) is 18.4 Å². The van der Waals surface area contributed by atoms with E-state index in [0.717, 1.165) is 43.0 Å². The van der Waals surface area contributed by atoms with Crippen LogP contribution < -0.4 is 18.4 Å². The molecule has 3 heterocycles. The molecule has 6 rings (SSSR count). The second-order valence-corrected chi connectivity index (χ2v) is 10.2. The van der Waals surface area contributed by atoms with Crippen molar-refractivity contribution in [3.63, 3.8) is 0 Å².